The maximum Gasteiger partial charge on any atom is 0.263 e. The van der Waals surface area contributed by atoms with Gasteiger partial charge in [0.15, 0.2) is 0 Å². The summed E-state index contributed by atoms with van der Waals surface area (Å²) < 4.78 is 21.8. The minimum atomic E-state index is -0.382. The summed E-state index contributed by atoms with van der Waals surface area (Å²) in [6, 6.07) is 8.52. The summed E-state index contributed by atoms with van der Waals surface area (Å²) in [6.45, 7) is 0. The molecule has 1 amide bonds. The molecule has 2 aromatic carbocycles. The summed E-state index contributed by atoms with van der Waals surface area (Å²) in [5.41, 5.74) is 0.766. The first kappa shape index (κ1) is 17.9. The first-order chi connectivity index (χ1) is 11.5. The molecule has 7 heteroatoms. The van der Waals surface area contributed by atoms with E-state index in [-0.39, 0.29) is 5.91 Å². The fraction of sp³-hybridized carbons (Fsp3) is 0.235. The molecule has 0 aliphatic heterocycles. The molecule has 2 aromatic rings. The van der Waals surface area contributed by atoms with E-state index >= 15 is 0 Å². The van der Waals surface area contributed by atoms with Crippen molar-refractivity contribution in [2.45, 2.75) is 0 Å². The SMILES string of the molecule is COc1cc(NC(=O)c2c(OC)cccc2OC)c(OC)cc1Br. The lowest BCUT2D eigenvalue weighted by molar-refractivity contribution is 0.102. The number of rotatable bonds is 6. The van der Waals surface area contributed by atoms with E-state index in [2.05, 4.69) is 21.2 Å². The van der Waals surface area contributed by atoms with Crippen molar-refractivity contribution in [2.24, 2.45) is 0 Å². The molecule has 0 bridgehead atoms. The summed E-state index contributed by atoms with van der Waals surface area (Å²) >= 11 is 3.38. The second-order valence-electron chi connectivity index (χ2n) is 4.68. The van der Waals surface area contributed by atoms with Crippen LogP contribution in [0.5, 0.6) is 23.0 Å². The molecule has 24 heavy (non-hydrogen) atoms. The summed E-state index contributed by atoms with van der Waals surface area (Å²) in [6.07, 6.45) is 0. The third-order valence-corrected chi connectivity index (χ3v) is 4.00. The standard InChI is InChI=1S/C17H18BrNO5/c1-21-12-6-5-7-13(22-2)16(12)17(20)19-11-9-14(23-3)10(18)8-15(11)24-4/h5-9H,1-4H3,(H,19,20). The number of ether oxygens (including phenoxy) is 4. The van der Waals surface area contributed by atoms with Gasteiger partial charge in [0.05, 0.1) is 38.6 Å². The Hall–Kier alpha value is -2.41. The molecule has 1 N–H and O–H groups in total. The first-order valence-electron chi connectivity index (χ1n) is 6.99. The molecule has 6 nitrogen and oxygen atoms in total. The lowest BCUT2D eigenvalue weighted by Crippen LogP contribution is -2.15. The molecule has 0 aliphatic rings. The van der Waals surface area contributed by atoms with Crippen LogP contribution in [0.25, 0.3) is 0 Å². The highest BCUT2D eigenvalue weighted by Gasteiger charge is 2.20. The third-order valence-electron chi connectivity index (χ3n) is 3.38. The van der Waals surface area contributed by atoms with Crippen LogP contribution in [0.3, 0.4) is 0 Å². The van der Waals surface area contributed by atoms with Crippen LogP contribution in [0, 0.1) is 0 Å². The van der Waals surface area contributed by atoms with E-state index in [0.29, 0.717) is 34.2 Å². The number of methoxy groups -OCH3 is 4. The summed E-state index contributed by atoms with van der Waals surface area (Å²) in [5.74, 6) is 1.50. The Kier molecular flexibility index (Phi) is 5.92. The van der Waals surface area contributed by atoms with Gasteiger partial charge in [-0.05, 0) is 28.1 Å². The zero-order valence-electron chi connectivity index (χ0n) is 13.8. The van der Waals surface area contributed by atoms with Gasteiger partial charge in [0, 0.05) is 12.1 Å². The maximum atomic E-state index is 12.7. The Morgan fingerprint density at radius 3 is 1.92 bits per heavy atom. The molecule has 0 atom stereocenters. The molecule has 0 heterocycles. The van der Waals surface area contributed by atoms with E-state index in [1.54, 1.807) is 37.4 Å². The largest absolute Gasteiger partial charge is 0.496 e. The fourth-order valence-corrected chi connectivity index (χ4v) is 2.70. The second-order valence-corrected chi connectivity index (χ2v) is 5.53. The Morgan fingerprint density at radius 2 is 1.42 bits per heavy atom. The Labute approximate surface area is 148 Å². The topological polar surface area (TPSA) is 66.0 Å². The Balaban J connectivity index is 2.44. The Morgan fingerprint density at radius 1 is 0.875 bits per heavy atom. The van der Waals surface area contributed by atoms with Gasteiger partial charge in [0.2, 0.25) is 0 Å². The lowest BCUT2D eigenvalue weighted by atomic mass is 10.1. The minimum absolute atomic E-state index is 0.298. The van der Waals surface area contributed by atoms with Crippen LogP contribution in [-0.2, 0) is 0 Å². The summed E-state index contributed by atoms with van der Waals surface area (Å²) in [5, 5.41) is 2.80. The van der Waals surface area contributed by atoms with Gasteiger partial charge in [-0.3, -0.25) is 4.79 Å². The molecular formula is C17H18BrNO5. The van der Waals surface area contributed by atoms with Crippen LogP contribution in [0.4, 0.5) is 5.69 Å². The number of halogens is 1. The summed E-state index contributed by atoms with van der Waals surface area (Å²) in [4.78, 5) is 12.7. The van der Waals surface area contributed by atoms with Crippen molar-refractivity contribution in [3.63, 3.8) is 0 Å². The molecule has 0 radical (unpaired) electrons. The minimum Gasteiger partial charge on any atom is -0.496 e. The van der Waals surface area contributed by atoms with E-state index in [9.17, 15) is 4.79 Å². The summed E-state index contributed by atoms with van der Waals surface area (Å²) in [7, 11) is 6.05. The zero-order valence-corrected chi connectivity index (χ0v) is 15.4. The van der Waals surface area contributed by atoms with Gasteiger partial charge < -0.3 is 24.3 Å². The monoisotopic (exact) mass is 395 g/mol. The molecule has 128 valence electrons. The van der Waals surface area contributed by atoms with Crippen LogP contribution < -0.4 is 24.3 Å². The number of carbonyl (C=O) groups excluding carboxylic acids is 1. The van der Waals surface area contributed by atoms with Crippen molar-refractivity contribution in [3.05, 3.63) is 40.4 Å². The van der Waals surface area contributed by atoms with Gasteiger partial charge in [0.25, 0.3) is 5.91 Å². The Bertz CT molecular complexity index is 726. The van der Waals surface area contributed by atoms with Crippen molar-refractivity contribution >= 4 is 27.5 Å². The van der Waals surface area contributed by atoms with Crippen LogP contribution in [0.15, 0.2) is 34.8 Å². The molecule has 0 aliphatic carbocycles. The average molecular weight is 396 g/mol. The van der Waals surface area contributed by atoms with Crippen molar-refractivity contribution in [1.82, 2.24) is 0 Å². The molecule has 0 spiro atoms. The zero-order chi connectivity index (χ0) is 17.7. The van der Waals surface area contributed by atoms with Crippen LogP contribution in [-0.4, -0.2) is 34.3 Å². The van der Waals surface area contributed by atoms with Gasteiger partial charge in [-0.15, -0.1) is 0 Å². The van der Waals surface area contributed by atoms with Gasteiger partial charge in [-0.25, -0.2) is 0 Å². The predicted molar refractivity (Wildman–Crippen MR) is 94.7 cm³/mol. The molecular weight excluding hydrogens is 378 g/mol. The highest BCUT2D eigenvalue weighted by atomic mass is 79.9. The van der Waals surface area contributed by atoms with E-state index in [1.165, 1.54) is 21.3 Å². The second kappa shape index (κ2) is 7.92. The molecule has 0 saturated heterocycles. The highest BCUT2D eigenvalue weighted by molar-refractivity contribution is 9.10. The van der Waals surface area contributed by atoms with Crippen molar-refractivity contribution in [2.75, 3.05) is 33.8 Å². The van der Waals surface area contributed by atoms with E-state index in [0.717, 1.165) is 4.47 Å². The van der Waals surface area contributed by atoms with Gasteiger partial charge in [-0.2, -0.15) is 0 Å². The number of nitrogens with one attached hydrogen (secondary N) is 1. The van der Waals surface area contributed by atoms with Gasteiger partial charge in [0.1, 0.15) is 28.6 Å². The van der Waals surface area contributed by atoms with Crippen molar-refractivity contribution in [1.29, 1.82) is 0 Å². The fourth-order valence-electron chi connectivity index (χ4n) is 2.22. The molecule has 0 fully saturated rings. The van der Waals surface area contributed by atoms with Crippen LogP contribution in [0.1, 0.15) is 10.4 Å². The van der Waals surface area contributed by atoms with Gasteiger partial charge >= 0.3 is 0 Å². The van der Waals surface area contributed by atoms with E-state index in [4.69, 9.17) is 18.9 Å². The van der Waals surface area contributed by atoms with Crippen molar-refractivity contribution < 1.29 is 23.7 Å². The number of hydrogen-bond donors (Lipinski definition) is 1. The number of amides is 1. The third kappa shape index (κ3) is 3.56. The quantitative estimate of drug-likeness (QED) is 0.806. The smallest absolute Gasteiger partial charge is 0.263 e. The first-order valence-corrected chi connectivity index (χ1v) is 7.78. The normalized spacial score (nSPS) is 10.0. The molecule has 0 unspecified atom stereocenters. The van der Waals surface area contributed by atoms with Gasteiger partial charge in [-0.1, -0.05) is 6.07 Å². The van der Waals surface area contributed by atoms with E-state index < -0.39 is 0 Å². The maximum absolute atomic E-state index is 12.7. The average Bonchev–Trinajstić information content (AvgIpc) is 2.61. The number of carbonyl (C=O) groups is 1. The number of anilines is 1. The molecule has 0 saturated carbocycles. The molecule has 0 aromatic heterocycles. The predicted octanol–water partition coefficient (Wildman–Crippen LogP) is 3.74. The van der Waals surface area contributed by atoms with E-state index in [1.807, 2.05) is 0 Å². The van der Waals surface area contributed by atoms with Crippen LogP contribution >= 0.6 is 15.9 Å². The lowest BCUT2D eigenvalue weighted by Gasteiger charge is -2.16. The number of benzene rings is 2. The van der Waals surface area contributed by atoms with Crippen LogP contribution in [0.2, 0.25) is 0 Å². The molecule has 2 rings (SSSR count). The highest BCUT2D eigenvalue weighted by Crippen LogP contribution is 2.37. The number of hydrogen-bond acceptors (Lipinski definition) is 5. The van der Waals surface area contributed by atoms with Crippen molar-refractivity contribution in [3.8, 4) is 23.0 Å².